The van der Waals surface area contributed by atoms with Crippen LogP contribution in [0.5, 0.6) is 0 Å². The topological polar surface area (TPSA) is 68.0 Å². The molecule has 5 nitrogen and oxygen atoms in total. The van der Waals surface area contributed by atoms with Gasteiger partial charge in [-0.05, 0) is 12.1 Å². The van der Waals surface area contributed by atoms with Crippen LogP contribution in [0.25, 0.3) is 11.0 Å². The summed E-state index contributed by atoms with van der Waals surface area (Å²) in [5.74, 6) is -0.955. The lowest BCUT2D eigenvalue weighted by Crippen LogP contribution is -1.99. The van der Waals surface area contributed by atoms with Gasteiger partial charge in [-0.3, -0.25) is 4.98 Å². The van der Waals surface area contributed by atoms with E-state index in [1.54, 1.807) is 41.5 Å². The molecule has 0 saturated carbocycles. The molecule has 90 valence electrons. The molecule has 0 radical (unpaired) electrons. The summed E-state index contributed by atoms with van der Waals surface area (Å²) in [5.41, 5.74) is 3.35. The van der Waals surface area contributed by atoms with Crippen LogP contribution >= 0.6 is 11.3 Å². The molecule has 0 aliphatic carbocycles. The highest BCUT2D eigenvalue weighted by Crippen LogP contribution is 2.19. The predicted molar refractivity (Wildman–Crippen MR) is 67.9 cm³/mol. The van der Waals surface area contributed by atoms with E-state index in [-0.39, 0.29) is 5.56 Å². The number of nitrogens with zero attached hydrogens (tertiary/aromatic N) is 3. The zero-order valence-corrected chi connectivity index (χ0v) is 10.1. The third-order valence-electron chi connectivity index (χ3n) is 2.69. The molecule has 0 fully saturated rings. The second-order valence-electron chi connectivity index (χ2n) is 3.82. The number of aromatic carboxylic acids is 1. The lowest BCUT2D eigenvalue weighted by molar-refractivity contribution is 0.0699. The Morgan fingerprint density at radius 3 is 3.06 bits per heavy atom. The highest BCUT2D eigenvalue weighted by Gasteiger charge is 2.12. The van der Waals surface area contributed by atoms with Crippen LogP contribution in [0.3, 0.4) is 0 Å². The molecule has 0 aliphatic heterocycles. The van der Waals surface area contributed by atoms with Gasteiger partial charge in [-0.2, -0.15) is 0 Å². The molecule has 6 heteroatoms. The van der Waals surface area contributed by atoms with Crippen molar-refractivity contribution in [3.8, 4) is 0 Å². The van der Waals surface area contributed by atoms with E-state index in [9.17, 15) is 4.79 Å². The normalized spacial score (nSPS) is 10.9. The number of carboxylic acids is 1. The minimum atomic E-state index is -0.955. The Morgan fingerprint density at radius 2 is 2.33 bits per heavy atom. The highest BCUT2D eigenvalue weighted by atomic mass is 32.1. The van der Waals surface area contributed by atoms with Gasteiger partial charge in [0.25, 0.3) is 0 Å². The van der Waals surface area contributed by atoms with Gasteiger partial charge in [0.1, 0.15) is 5.52 Å². The molecule has 0 unspecified atom stereocenters. The lowest BCUT2D eigenvalue weighted by atomic mass is 10.2. The first-order chi connectivity index (χ1) is 8.75. The molecule has 2 aromatic heterocycles. The Kier molecular flexibility index (Phi) is 2.56. The summed E-state index contributed by atoms with van der Waals surface area (Å²) < 4.78 is 1.93. The first-order valence-corrected chi connectivity index (χ1v) is 6.18. The number of hydrogen-bond donors (Lipinski definition) is 1. The maximum absolute atomic E-state index is 11.1. The number of benzene rings is 1. The van der Waals surface area contributed by atoms with E-state index in [0.717, 1.165) is 10.4 Å². The monoisotopic (exact) mass is 259 g/mol. The van der Waals surface area contributed by atoms with Gasteiger partial charge in [-0.1, -0.05) is 6.07 Å². The molecule has 1 N–H and O–H groups in total. The largest absolute Gasteiger partial charge is 0.478 e. The molecule has 18 heavy (non-hydrogen) atoms. The number of aromatic nitrogens is 3. The number of carboxylic acid groups (broad SMARTS) is 1. The predicted octanol–water partition coefficient (Wildman–Crippen LogP) is 2.24. The maximum atomic E-state index is 11.1. The van der Waals surface area contributed by atoms with Crippen molar-refractivity contribution in [1.29, 1.82) is 0 Å². The van der Waals surface area contributed by atoms with Crippen molar-refractivity contribution in [1.82, 2.24) is 14.5 Å². The van der Waals surface area contributed by atoms with E-state index in [1.807, 2.05) is 10.6 Å². The summed E-state index contributed by atoms with van der Waals surface area (Å²) in [6.07, 6.45) is 3.47. The summed E-state index contributed by atoms with van der Waals surface area (Å²) in [6, 6.07) is 5.17. The summed E-state index contributed by atoms with van der Waals surface area (Å²) in [6.45, 7) is 0.657. The van der Waals surface area contributed by atoms with E-state index in [0.29, 0.717) is 12.1 Å². The van der Waals surface area contributed by atoms with Crippen LogP contribution < -0.4 is 0 Å². The van der Waals surface area contributed by atoms with E-state index < -0.39 is 5.97 Å². The molecule has 0 aliphatic rings. The van der Waals surface area contributed by atoms with E-state index in [1.165, 1.54) is 0 Å². The number of hydrogen-bond acceptors (Lipinski definition) is 4. The summed E-state index contributed by atoms with van der Waals surface area (Å²) >= 11 is 1.56. The number of thiazole rings is 1. The minimum Gasteiger partial charge on any atom is -0.478 e. The summed E-state index contributed by atoms with van der Waals surface area (Å²) in [7, 11) is 0. The fourth-order valence-corrected chi connectivity index (χ4v) is 2.47. The summed E-state index contributed by atoms with van der Waals surface area (Å²) in [4.78, 5) is 20.4. The molecule has 1 aromatic carbocycles. The van der Waals surface area contributed by atoms with Crippen molar-refractivity contribution in [2.75, 3.05) is 0 Å². The van der Waals surface area contributed by atoms with Gasteiger partial charge < -0.3 is 9.67 Å². The second-order valence-corrected chi connectivity index (χ2v) is 4.79. The highest BCUT2D eigenvalue weighted by molar-refractivity contribution is 7.09. The van der Waals surface area contributed by atoms with Gasteiger partial charge >= 0.3 is 5.97 Å². The number of para-hydroxylation sites is 1. The Bertz CT molecular complexity index is 703. The van der Waals surface area contributed by atoms with Crippen LogP contribution in [0.4, 0.5) is 0 Å². The first-order valence-electron chi connectivity index (χ1n) is 5.30. The van der Waals surface area contributed by atoms with Crippen LogP contribution in [0.15, 0.2) is 36.2 Å². The zero-order chi connectivity index (χ0) is 12.5. The fraction of sp³-hybridized carbons (Fsp3) is 0.0833. The fourth-order valence-electron chi connectivity index (χ4n) is 1.88. The van der Waals surface area contributed by atoms with E-state index >= 15 is 0 Å². The van der Waals surface area contributed by atoms with Crippen molar-refractivity contribution in [2.24, 2.45) is 0 Å². The van der Waals surface area contributed by atoms with Gasteiger partial charge in [0.05, 0.1) is 29.5 Å². The Morgan fingerprint density at radius 1 is 1.44 bits per heavy atom. The summed E-state index contributed by atoms with van der Waals surface area (Å²) in [5, 5.41) is 9.09. The van der Waals surface area contributed by atoms with Crippen LogP contribution in [-0.2, 0) is 6.54 Å². The molecule has 2 heterocycles. The Balaban J connectivity index is 2.09. The molecule has 3 aromatic rings. The van der Waals surface area contributed by atoms with E-state index in [4.69, 9.17) is 5.11 Å². The number of fused-ring (bicyclic) bond motifs is 1. The molecular weight excluding hydrogens is 250 g/mol. The SMILES string of the molecule is O=C(O)c1cccc2c1ncn2Cc1cncs1. The van der Waals surface area contributed by atoms with Crippen molar-refractivity contribution >= 4 is 28.3 Å². The average molecular weight is 259 g/mol. The Hall–Kier alpha value is -2.21. The molecule has 0 spiro atoms. The van der Waals surface area contributed by atoms with Gasteiger partial charge in [-0.25, -0.2) is 9.78 Å². The van der Waals surface area contributed by atoms with Crippen molar-refractivity contribution in [2.45, 2.75) is 6.54 Å². The number of rotatable bonds is 3. The van der Waals surface area contributed by atoms with Gasteiger partial charge in [0.15, 0.2) is 0 Å². The first kappa shape index (κ1) is 10.9. The molecule has 0 atom stereocenters. The van der Waals surface area contributed by atoms with Gasteiger partial charge in [0.2, 0.25) is 0 Å². The van der Waals surface area contributed by atoms with Crippen molar-refractivity contribution in [3.63, 3.8) is 0 Å². The third-order valence-corrected chi connectivity index (χ3v) is 3.45. The van der Waals surface area contributed by atoms with Gasteiger partial charge in [0, 0.05) is 11.1 Å². The maximum Gasteiger partial charge on any atom is 0.337 e. The van der Waals surface area contributed by atoms with Crippen LogP contribution in [0, 0.1) is 0 Å². The third kappa shape index (κ3) is 1.76. The number of carbonyl (C=O) groups is 1. The lowest BCUT2D eigenvalue weighted by Gasteiger charge is -2.02. The smallest absolute Gasteiger partial charge is 0.337 e. The molecule has 0 amide bonds. The van der Waals surface area contributed by atoms with Crippen molar-refractivity contribution < 1.29 is 9.90 Å². The molecule has 0 bridgehead atoms. The van der Waals surface area contributed by atoms with Crippen LogP contribution in [0.1, 0.15) is 15.2 Å². The zero-order valence-electron chi connectivity index (χ0n) is 9.28. The van der Waals surface area contributed by atoms with Gasteiger partial charge in [-0.15, -0.1) is 11.3 Å². The molecule has 0 saturated heterocycles. The number of imidazole rings is 1. The minimum absolute atomic E-state index is 0.232. The van der Waals surface area contributed by atoms with E-state index in [2.05, 4.69) is 9.97 Å². The Labute approximate surface area is 106 Å². The average Bonchev–Trinajstić information content (AvgIpc) is 2.99. The van der Waals surface area contributed by atoms with Crippen LogP contribution in [0.2, 0.25) is 0 Å². The quantitative estimate of drug-likeness (QED) is 0.783. The molecular formula is C12H9N3O2S. The molecule has 3 rings (SSSR count). The second kappa shape index (κ2) is 4.23. The van der Waals surface area contributed by atoms with Crippen molar-refractivity contribution in [3.05, 3.63) is 46.7 Å². The standard InChI is InChI=1S/C12H9N3O2S/c16-12(17)9-2-1-3-10-11(9)14-6-15(10)5-8-4-13-7-18-8/h1-4,6-7H,5H2,(H,16,17). The van der Waals surface area contributed by atoms with Crippen LogP contribution in [-0.4, -0.2) is 25.6 Å².